The summed E-state index contributed by atoms with van der Waals surface area (Å²) in [6.07, 6.45) is 1.22. The summed E-state index contributed by atoms with van der Waals surface area (Å²) in [5.41, 5.74) is 0. The zero-order valence-corrected chi connectivity index (χ0v) is 7.19. The van der Waals surface area contributed by atoms with Gasteiger partial charge in [0.25, 0.3) is 0 Å². The first kappa shape index (κ1) is 12.2. The molecule has 0 rings (SSSR count). The van der Waals surface area contributed by atoms with Gasteiger partial charge in [0.1, 0.15) is 0 Å². The first-order chi connectivity index (χ1) is 6.10. The summed E-state index contributed by atoms with van der Waals surface area (Å²) in [5.74, 6) is -5.28. The second-order valence-electron chi connectivity index (χ2n) is 2.43. The number of carbonyl (C=O) groups excluding carboxylic acids is 1. The molecule has 78 valence electrons. The molecule has 0 aromatic rings. The lowest BCUT2D eigenvalue weighted by Crippen LogP contribution is -2.38. The minimum absolute atomic E-state index is 0.0790. The number of carbonyl (C=O) groups is 1. The fourth-order valence-electron chi connectivity index (χ4n) is 0.524. The SMILES string of the molecule is CCCCOC(=O)C(F)(CF)OF. The second kappa shape index (κ2) is 5.80. The van der Waals surface area contributed by atoms with E-state index in [-0.39, 0.29) is 6.61 Å². The molecule has 0 amide bonds. The van der Waals surface area contributed by atoms with Crippen molar-refractivity contribution >= 4 is 5.97 Å². The van der Waals surface area contributed by atoms with Gasteiger partial charge in [-0.25, -0.2) is 9.18 Å². The van der Waals surface area contributed by atoms with Crippen LogP contribution in [0.25, 0.3) is 0 Å². The van der Waals surface area contributed by atoms with E-state index in [0.29, 0.717) is 6.42 Å². The first-order valence-electron chi connectivity index (χ1n) is 3.82. The molecular weight excluding hydrogens is 189 g/mol. The highest BCUT2D eigenvalue weighted by Crippen LogP contribution is 2.17. The Labute approximate surface area is 73.7 Å². The Bertz CT molecular complexity index is 159. The maximum absolute atomic E-state index is 12.6. The van der Waals surface area contributed by atoms with Crippen LogP contribution in [0.2, 0.25) is 0 Å². The number of halogens is 3. The van der Waals surface area contributed by atoms with Gasteiger partial charge in [-0.3, -0.25) is 0 Å². The van der Waals surface area contributed by atoms with Crippen LogP contribution in [0, 0.1) is 0 Å². The molecule has 0 heterocycles. The molecule has 6 heteroatoms. The van der Waals surface area contributed by atoms with Crippen molar-refractivity contribution in [2.24, 2.45) is 0 Å². The first-order valence-corrected chi connectivity index (χ1v) is 3.82. The summed E-state index contributed by atoms with van der Waals surface area (Å²) in [5, 5.41) is 0. The molecule has 0 fully saturated rings. The normalized spacial score (nSPS) is 15.1. The number of alkyl halides is 2. The molecular formula is C7H11F3O3. The predicted molar refractivity (Wildman–Crippen MR) is 37.9 cm³/mol. The standard InChI is InChI=1S/C7H11F3O3/c1-2-3-4-12-6(11)7(9,5-8)13-10/h2-5H2,1H3. The minimum atomic E-state index is -3.60. The number of esters is 1. The summed E-state index contributed by atoms with van der Waals surface area (Å²) in [6, 6.07) is 0. The van der Waals surface area contributed by atoms with Gasteiger partial charge < -0.3 is 4.74 Å². The van der Waals surface area contributed by atoms with Crippen LogP contribution in [0.1, 0.15) is 19.8 Å². The third-order valence-corrected chi connectivity index (χ3v) is 1.33. The molecule has 0 radical (unpaired) electrons. The molecule has 0 aromatic carbocycles. The fourth-order valence-corrected chi connectivity index (χ4v) is 0.524. The monoisotopic (exact) mass is 200 g/mol. The summed E-state index contributed by atoms with van der Waals surface area (Å²) in [7, 11) is 0. The van der Waals surface area contributed by atoms with Crippen LogP contribution in [0.5, 0.6) is 0 Å². The third-order valence-electron chi connectivity index (χ3n) is 1.33. The van der Waals surface area contributed by atoms with E-state index in [2.05, 4.69) is 9.68 Å². The van der Waals surface area contributed by atoms with Gasteiger partial charge in [-0.2, -0.15) is 4.39 Å². The molecule has 3 nitrogen and oxygen atoms in total. The Morgan fingerprint density at radius 1 is 1.54 bits per heavy atom. The third kappa shape index (κ3) is 3.63. The molecule has 1 atom stereocenters. The van der Waals surface area contributed by atoms with Crippen molar-refractivity contribution in [2.45, 2.75) is 25.6 Å². The van der Waals surface area contributed by atoms with E-state index in [4.69, 9.17) is 0 Å². The summed E-state index contributed by atoms with van der Waals surface area (Å²) < 4.78 is 40.0. The molecule has 0 spiro atoms. The summed E-state index contributed by atoms with van der Waals surface area (Å²) in [4.78, 5) is 13.2. The van der Waals surface area contributed by atoms with Crippen molar-refractivity contribution in [3.05, 3.63) is 0 Å². The topological polar surface area (TPSA) is 35.5 Å². The lowest BCUT2D eigenvalue weighted by Gasteiger charge is -2.14. The molecule has 13 heavy (non-hydrogen) atoms. The maximum atomic E-state index is 12.6. The molecule has 0 aliphatic heterocycles. The molecule has 0 bridgehead atoms. The Morgan fingerprint density at radius 2 is 2.15 bits per heavy atom. The average molecular weight is 200 g/mol. The Balaban J connectivity index is 3.92. The zero-order valence-electron chi connectivity index (χ0n) is 7.19. The van der Waals surface area contributed by atoms with Gasteiger partial charge in [-0.1, -0.05) is 13.3 Å². The highest BCUT2D eigenvalue weighted by atomic mass is 19.3. The van der Waals surface area contributed by atoms with Crippen molar-refractivity contribution < 1.29 is 27.8 Å². The smallest absolute Gasteiger partial charge is 0.378 e. The minimum Gasteiger partial charge on any atom is -0.461 e. The Hall–Kier alpha value is -0.780. The van der Waals surface area contributed by atoms with Crippen molar-refractivity contribution in [3.63, 3.8) is 0 Å². The molecule has 1 unspecified atom stereocenters. The van der Waals surface area contributed by atoms with E-state index in [1.165, 1.54) is 0 Å². The predicted octanol–water partition coefficient (Wildman–Crippen LogP) is 1.87. The van der Waals surface area contributed by atoms with Gasteiger partial charge >= 0.3 is 11.8 Å². The van der Waals surface area contributed by atoms with Crippen LogP contribution >= 0.6 is 0 Å². The van der Waals surface area contributed by atoms with Crippen LogP contribution in [0.15, 0.2) is 0 Å². The molecule has 0 saturated heterocycles. The molecule has 0 aromatic heterocycles. The van der Waals surface area contributed by atoms with E-state index >= 15 is 0 Å². The Kier molecular flexibility index (Phi) is 5.45. The Morgan fingerprint density at radius 3 is 2.54 bits per heavy atom. The van der Waals surface area contributed by atoms with Crippen molar-refractivity contribution in [2.75, 3.05) is 13.3 Å². The molecule has 0 saturated carbocycles. The average Bonchev–Trinajstić information content (AvgIpc) is 2.17. The van der Waals surface area contributed by atoms with E-state index in [1.807, 2.05) is 6.92 Å². The van der Waals surface area contributed by atoms with Gasteiger partial charge in [0.2, 0.25) is 0 Å². The van der Waals surface area contributed by atoms with Crippen molar-refractivity contribution in [1.82, 2.24) is 0 Å². The van der Waals surface area contributed by atoms with Gasteiger partial charge in [-0.05, 0) is 10.9 Å². The zero-order chi connectivity index (χ0) is 10.3. The van der Waals surface area contributed by atoms with Gasteiger partial charge in [0, 0.05) is 0 Å². The van der Waals surface area contributed by atoms with Crippen LogP contribution in [-0.2, 0) is 14.5 Å². The second-order valence-corrected chi connectivity index (χ2v) is 2.43. The number of rotatable bonds is 6. The number of hydrogen-bond acceptors (Lipinski definition) is 3. The van der Waals surface area contributed by atoms with E-state index in [9.17, 15) is 18.1 Å². The van der Waals surface area contributed by atoms with Crippen LogP contribution < -0.4 is 0 Å². The lowest BCUT2D eigenvalue weighted by atomic mass is 10.3. The number of ether oxygens (including phenoxy) is 1. The van der Waals surface area contributed by atoms with Crippen molar-refractivity contribution in [1.29, 1.82) is 0 Å². The van der Waals surface area contributed by atoms with Crippen molar-refractivity contribution in [3.8, 4) is 0 Å². The quantitative estimate of drug-likeness (QED) is 0.485. The maximum Gasteiger partial charge on any atom is 0.378 e. The molecule has 0 aliphatic rings. The van der Waals surface area contributed by atoms with Crippen LogP contribution in [-0.4, -0.2) is 25.1 Å². The molecule has 0 N–H and O–H groups in total. The largest absolute Gasteiger partial charge is 0.461 e. The van der Waals surface area contributed by atoms with E-state index in [1.54, 1.807) is 0 Å². The van der Waals surface area contributed by atoms with Crippen LogP contribution in [0.4, 0.5) is 13.3 Å². The highest BCUT2D eigenvalue weighted by Gasteiger charge is 2.44. The number of hydrogen-bond donors (Lipinski definition) is 0. The fraction of sp³-hybridized carbons (Fsp3) is 0.857. The van der Waals surface area contributed by atoms with E-state index < -0.39 is 18.5 Å². The van der Waals surface area contributed by atoms with Crippen LogP contribution in [0.3, 0.4) is 0 Å². The van der Waals surface area contributed by atoms with Gasteiger partial charge in [-0.15, -0.1) is 4.94 Å². The summed E-state index contributed by atoms with van der Waals surface area (Å²) >= 11 is 0. The van der Waals surface area contributed by atoms with E-state index in [0.717, 1.165) is 6.42 Å². The lowest BCUT2D eigenvalue weighted by molar-refractivity contribution is -0.294. The highest BCUT2D eigenvalue weighted by molar-refractivity contribution is 5.77. The summed E-state index contributed by atoms with van der Waals surface area (Å²) in [6.45, 7) is -0.170. The van der Waals surface area contributed by atoms with Gasteiger partial charge in [0.05, 0.1) is 6.61 Å². The van der Waals surface area contributed by atoms with Gasteiger partial charge in [0.15, 0.2) is 6.67 Å². The molecule has 0 aliphatic carbocycles. The number of unbranched alkanes of at least 4 members (excludes halogenated alkanes) is 1.